The summed E-state index contributed by atoms with van der Waals surface area (Å²) in [7, 11) is 1.69. The first-order valence-electron chi connectivity index (χ1n) is 9.37. The average Bonchev–Trinajstić information content (AvgIpc) is 2.53. The molecule has 0 spiro atoms. The van der Waals surface area contributed by atoms with Crippen molar-refractivity contribution in [1.82, 2.24) is 15.5 Å². The van der Waals surface area contributed by atoms with Crippen LogP contribution in [0.25, 0.3) is 0 Å². The molecular weight excluding hydrogens is 431 g/mol. The number of guanidine groups is 1. The number of rotatable bonds is 14. The van der Waals surface area contributed by atoms with E-state index in [1.807, 2.05) is 0 Å². The predicted octanol–water partition coefficient (Wildman–Crippen LogP) is 2.72. The summed E-state index contributed by atoms with van der Waals surface area (Å²) in [5.74, 6) is 0.908. The van der Waals surface area contributed by atoms with Gasteiger partial charge in [-0.1, -0.05) is 0 Å². The summed E-state index contributed by atoms with van der Waals surface area (Å²) in [4.78, 5) is 7.11. The van der Waals surface area contributed by atoms with E-state index in [1.54, 1.807) is 7.11 Å². The van der Waals surface area contributed by atoms with Gasteiger partial charge < -0.3 is 20.1 Å². The highest BCUT2D eigenvalue weighted by atomic mass is 127. The molecular formula is C18H41IN4O2. The maximum atomic E-state index is 5.45. The van der Waals surface area contributed by atoms with Crippen LogP contribution in [0.2, 0.25) is 0 Å². The zero-order valence-electron chi connectivity index (χ0n) is 17.1. The van der Waals surface area contributed by atoms with Crippen molar-refractivity contribution in [3.8, 4) is 0 Å². The summed E-state index contributed by atoms with van der Waals surface area (Å²) >= 11 is 0. The SMILES string of the molecule is CCNC(=NCCCCOCCOC)NCCN(C(C)C)C(C)C.I. The van der Waals surface area contributed by atoms with Crippen LogP contribution in [0.15, 0.2) is 4.99 Å². The largest absolute Gasteiger partial charge is 0.382 e. The molecule has 0 aromatic carbocycles. The molecule has 0 fully saturated rings. The molecule has 6 nitrogen and oxygen atoms in total. The maximum absolute atomic E-state index is 5.45. The highest BCUT2D eigenvalue weighted by Gasteiger charge is 2.12. The molecule has 0 aliphatic heterocycles. The van der Waals surface area contributed by atoms with Crippen molar-refractivity contribution in [2.24, 2.45) is 4.99 Å². The Morgan fingerprint density at radius 3 is 2.24 bits per heavy atom. The minimum Gasteiger partial charge on any atom is -0.382 e. The lowest BCUT2D eigenvalue weighted by molar-refractivity contribution is 0.0690. The van der Waals surface area contributed by atoms with Crippen LogP contribution in [0.5, 0.6) is 0 Å². The fraction of sp³-hybridized carbons (Fsp3) is 0.944. The summed E-state index contributed by atoms with van der Waals surface area (Å²) in [6.07, 6.45) is 2.06. The van der Waals surface area contributed by atoms with Gasteiger partial charge in [0.25, 0.3) is 0 Å². The second-order valence-corrected chi connectivity index (χ2v) is 6.43. The van der Waals surface area contributed by atoms with Gasteiger partial charge in [-0.15, -0.1) is 24.0 Å². The van der Waals surface area contributed by atoms with Gasteiger partial charge in [0.15, 0.2) is 5.96 Å². The number of halogens is 1. The molecule has 0 atom stereocenters. The van der Waals surface area contributed by atoms with E-state index in [0.717, 1.165) is 51.6 Å². The van der Waals surface area contributed by atoms with E-state index in [-0.39, 0.29) is 24.0 Å². The monoisotopic (exact) mass is 472 g/mol. The first kappa shape index (κ1) is 27.1. The number of nitrogens with zero attached hydrogens (tertiary/aromatic N) is 2. The van der Waals surface area contributed by atoms with Crippen molar-refractivity contribution in [3.63, 3.8) is 0 Å². The van der Waals surface area contributed by atoms with E-state index in [2.05, 4.69) is 55.1 Å². The fourth-order valence-electron chi connectivity index (χ4n) is 2.51. The summed E-state index contributed by atoms with van der Waals surface area (Å²) in [6, 6.07) is 1.12. The minimum absolute atomic E-state index is 0. The Kier molecular flexibility index (Phi) is 20.2. The quantitative estimate of drug-likeness (QED) is 0.176. The highest BCUT2D eigenvalue weighted by Crippen LogP contribution is 2.03. The number of hydrogen-bond acceptors (Lipinski definition) is 4. The highest BCUT2D eigenvalue weighted by molar-refractivity contribution is 14.0. The van der Waals surface area contributed by atoms with Crippen molar-refractivity contribution in [3.05, 3.63) is 0 Å². The Balaban J connectivity index is 0. The number of aliphatic imine (C=N–C) groups is 1. The van der Waals surface area contributed by atoms with E-state index in [1.165, 1.54) is 0 Å². The molecule has 0 saturated carbocycles. The molecule has 0 bridgehead atoms. The maximum Gasteiger partial charge on any atom is 0.191 e. The predicted molar refractivity (Wildman–Crippen MR) is 118 cm³/mol. The molecule has 0 aliphatic rings. The lowest BCUT2D eigenvalue weighted by Crippen LogP contribution is -2.45. The molecule has 0 aromatic heterocycles. The lowest BCUT2D eigenvalue weighted by Gasteiger charge is -2.30. The Bertz CT molecular complexity index is 307. The van der Waals surface area contributed by atoms with E-state index >= 15 is 0 Å². The molecule has 0 amide bonds. The zero-order valence-corrected chi connectivity index (χ0v) is 19.5. The molecule has 2 N–H and O–H groups in total. The van der Waals surface area contributed by atoms with Gasteiger partial charge in [-0.05, 0) is 47.5 Å². The van der Waals surface area contributed by atoms with Crippen LogP contribution in [-0.4, -0.2) is 76.1 Å². The Morgan fingerprint density at radius 2 is 1.68 bits per heavy atom. The molecule has 0 radical (unpaired) electrons. The van der Waals surface area contributed by atoms with E-state index in [9.17, 15) is 0 Å². The van der Waals surface area contributed by atoms with Crippen LogP contribution >= 0.6 is 24.0 Å². The molecule has 0 heterocycles. The third-order valence-electron chi connectivity index (χ3n) is 3.73. The van der Waals surface area contributed by atoms with Gasteiger partial charge >= 0.3 is 0 Å². The summed E-state index contributed by atoms with van der Waals surface area (Å²) in [5, 5.41) is 6.74. The summed E-state index contributed by atoms with van der Waals surface area (Å²) in [6.45, 7) is 16.8. The lowest BCUT2D eigenvalue weighted by atomic mass is 10.2. The summed E-state index contributed by atoms with van der Waals surface area (Å²) < 4.78 is 10.4. The second kappa shape index (κ2) is 18.7. The van der Waals surface area contributed by atoms with Gasteiger partial charge in [0.2, 0.25) is 0 Å². The molecule has 0 saturated heterocycles. The van der Waals surface area contributed by atoms with E-state index in [0.29, 0.717) is 25.3 Å². The molecule has 0 aliphatic carbocycles. The second-order valence-electron chi connectivity index (χ2n) is 6.43. The van der Waals surface area contributed by atoms with Crippen LogP contribution in [0.3, 0.4) is 0 Å². The Hall–Kier alpha value is -0.120. The molecule has 0 aromatic rings. The zero-order chi connectivity index (χ0) is 18.2. The number of hydrogen-bond donors (Lipinski definition) is 2. The first-order valence-corrected chi connectivity index (χ1v) is 9.37. The topological polar surface area (TPSA) is 58.1 Å². The number of ether oxygens (including phenoxy) is 2. The van der Waals surface area contributed by atoms with E-state index < -0.39 is 0 Å². The van der Waals surface area contributed by atoms with Crippen LogP contribution in [0.1, 0.15) is 47.5 Å². The molecule has 0 rings (SSSR count). The smallest absolute Gasteiger partial charge is 0.191 e. The molecule has 7 heteroatoms. The van der Waals surface area contributed by atoms with Crippen LogP contribution in [0.4, 0.5) is 0 Å². The molecule has 152 valence electrons. The normalized spacial score (nSPS) is 12.0. The van der Waals surface area contributed by atoms with Crippen molar-refractivity contribution in [1.29, 1.82) is 0 Å². The van der Waals surface area contributed by atoms with Gasteiger partial charge in [-0.25, -0.2) is 0 Å². The Morgan fingerprint density at radius 1 is 1.00 bits per heavy atom. The van der Waals surface area contributed by atoms with Crippen LogP contribution in [-0.2, 0) is 9.47 Å². The third-order valence-corrected chi connectivity index (χ3v) is 3.73. The summed E-state index contributed by atoms with van der Waals surface area (Å²) in [5.41, 5.74) is 0. The van der Waals surface area contributed by atoms with Gasteiger partial charge in [0, 0.05) is 52.0 Å². The standard InChI is InChI=1S/C18H40N4O2.HI/c1-7-19-18(20-10-8-9-13-24-15-14-23-6)21-11-12-22(16(2)3)17(4)5;/h16-17H,7-15H2,1-6H3,(H2,19,20,21);1H. The van der Waals surface area contributed by atoms with Crippen molar-refractivity contribution >= 4 is 29.9 Å². The van der Waals surface area contributed by atoms with Crippen molar-refractivity contribution in [2.45, 2.75) is 59.5 Å². The Labute approximate surface area is 172 Å². The van der Waals surface area contributed by atoms with Gasteiger partial charge in [0.05, 0.1) is 13.2 Å². The molecule has 25 heavy (non-hydrogen) atoms. The van der Waals surface area contributed by atoms with Gasteiger partial charge in [0.1, 0.15) is 0 Å². The van der Waals surface area contributed by atoms with E-state index in [4.69, 9.17) is 9.47 Å². The van der Waals surface area contributed by atoms with Crippen LogP contribution in [0, 0.1) is 0 Å². The first-order chi connectivity index (χ1) is 11.5. The average molecular weight is 472 g/mol. The third kappa shape index (κ3) is 15.8. The van der Waals surface area contributed by atoms with Gasteiger partial charge in [-0.2, -0.15) is 0 Å². The number of methoxy groups -OCH3 is 1. The molecule has 0 unspecified atom stereocenters. The number of nitrogens with one attached hydrogen (secondary N) is 2. The van der Waals surface area contributed by atoms with Crippen LogP contribution < -0.4 is 10.6 Å². The van der Waals surface area contributed by atoms with Crippen molar-refractivity contribution in [2.75, 3.05) is 53.1 Å². The van der Waals surface area contributed by atoms with Gasteiger partial charge in [-0.3, -0.25) is 9.89 Å². The fourth-order valence-corrected chi connectivity index (χ4v) is 2.51. The minimum atomic E-state index is 0. The number of unbranched alkanes of at least 4 members (excludes halogenated alkanes) is 1. The van der Waals surface area contributed by atoms with Crippen molar-refractivity contribution < 1.29 is 9.47 Å².